The molecule has 1 aromatic heterocycles. The zero-order valence-corrected chi connectivity index (χ0v) is 10.3. The van der Waals surface area contributed by atoms with Crippen LogP contribution in [-0.4, -0.2) is 0 Å². The molecule has 2 rings (SSSR count). The molecule has 0 saturated carbocycles. The number of benzene rings is 1. The van der Waals surface area contributed by atoms with Crippen LogP contribution in [0.1, 0.15) is 27.6 Å². The van der Waals surface area contributed by atoms with E-state index in [1.54, 1.807) is 11.3 Å². The summed E-state index contributed by atoms with van der Waals surface area (Å²) in [6.45, 7) is 4.19. The highest BCUT2D eigenvalue weighted by Gasteiger charge is 2.12. The summed E-state index contributed by atoms with van der Waals surface area (Å²) in [4.78, 5) is 1.31. The second kappa shape index (κ2) is 4.78. The topological polar surface area (TPSA) is 38.0 Å². The Morgan fingerprint density at radius 2 is 1.81 bits per heavy atom. The van der Waals surface area contributed by atoms with Gasteiger partial charge in [-0.1, -0.05) is 29.8 Å². The lowest BCUT2D eigenvalue weighted by Gasteiger charge is -2.15. The van der Waals surface area contributed by atoms with Gasteiger partial charge in [0.1, 0.15) is 0 Å². The van der Waals surface area contributed by atoms with Gasteiger partial charge in [0.2, 0.25) is 0 Å². The molecule has 0 fully saturated rings. The van der Waals surface area contributed by atoms with Crippen molar-refractivity contribution in [2.24, 2.45) is 5.84 Å². The first kappa shape index (κ1) is 11.3. The van der Waals surface area contributed by atoms with E-state index < -0.39 is 0 Å². The molecule has 0 bridgehead atoms. The normalized spacial score (nSPS) is 12.7. The van der Waals surface area contributed by atoms with Crippen molar-refractivity contribution in [2.75, 3.05) is 0 Å². The lowest BCUT2D eigenvalue weighted by molar-refractivity contribution is 0.638. The fourth-order valence-electron chi connectivity index (χ4n) is 1.76. The van der Waals surface area contributed by atoms with E-state index in [1.807, 2.05) is 0 Å². The Morgan fingerprint density at radius 3 is 2.31 bits per heavy atom. The highest BCUT2D eigenvalue weighted by Crippen LogP contribution is 2.25. The first-order valence-electron chi connectivity index (χ1n) is 5.28. The zero-order valence-electron chi connectivity index (χ0n) is 9.53. The number of hydrogen-bond acceptors (Lipinski definition) is 3. The lowest BCUT2D eigenvalue weighted by Crippen LogP contribution is -2.28. The Labute approximate surface area is 100 Å². The number of aryl methyl sites for hydroxylation is 2. The van der Waals surface area contributed by atoms with E-state index in [9.17, 15) is 0 Å². The second-order valence-corrected chi connectivity index (χ2v) is 5.12. The fourth-order valence-corrected chi connectivity index (χ4v) is 2.49. The number of hydrazine groups is 1. The van der Waals surface area contributed by atoms with Crippen molar-refractivity contribution in [1.29, 1.82) is 0 Å². The monoisotopic (exact) mass is 232 g/mol. The maximum Gasteiger partial charge on any atom is 0.0718 e. The minimum Gasteiger partial charge on any atom is -0.271 e. The molecule has 1 aromatic carbocycles. The van der Waals surface area contributed by atoms with E-state index in [0.29, 0.717) is 0 Å². The minimum absolute atomic E-state index is 0.0885. The van der Waals surface area contributed by atoms with Gasteiger partial charge in [-0.2, -0.15) is 0 Å². The van der Waals surface area contributed by atoms with Crippen LogP contribution in [0.3, 0.4) is 0 Å². The fraction of sp³-hybridized carbons (Fsp3) is 0.231. The van der Waals surface area contributed by atoms with E-state index in [2.05, 4.69) is 55.0 Å². The molecule has 0 radical (unpaired) electrons. The zero-order chi connectivity index (χ0) is 11.5. The van der Waals surface area contributed by atoms with Crippen LogP contribution < -0.4 is 11.3 Å². The average Bonchev–Trinajstić information content (AvgIpc) is 2.69. The number of hydrogen-bond donors (Lipinski definition) is 2. The molecule has 1 unspecified atom stereocenters. The van der Waals surface area contributed by atoms with Crippen molar-refractivity contribution in [3.05, 3.63) is 57.3 Å². The molecule has 0 amide bonds. The van der Waals surface area contributed by atoms with Crippen LogP contribution in [0.15, 0.2) is 35.7 Å². The summed E-state index contributed by atoms with van der Waals surface area (Å²) >= 11 is 1.75. The predicted octanol–water partition coefficient (Wildman–Crippen LogP) is 2.92. The molecule has 16 heavy (non-hydrogen) atoms. The lowest BCUT2D eigenvalue weighted by atomic mass is 10.0. The summed E-state index contributed by atoms with van der Waals surface area (Å²) in [7, 11) is 0. The SMILES string of the molecule is Cc1ccc(C(NN)c2csc(C)c2)cc1. The molecule has 0 aliphatic carbocycles. The minimum atomic E-state index is 0.0885. The molecule has 2 aromatic rings. The van der Waals surface area contributed by atoms with Crippen LogP contribution in [0.2, 0.25) is 0 Å². The third-order valence-corrected chi connectivity index (χ3v) is 3.54. The van der Waals surface area contributed by atoms with Crippen molar-refractivity contribution in [3.8, 4) is 0 Å². The molecule has 84 valence electrons. The third kappa shape index (κ3) is 2.32. The molecular formula is C13H16N2S. The van der Waals surface area contributed by atoms with Crippen molar-refractivity contribution in [2.45, 2.75) is 19.9 Å². The largest absolute Gasteiger partial charge is 0.271 e. The van der Waals surface area contributed by atoms with E-state index >= 15 is 0 Å². The van der Waals surface area contributed by atoms with Gasteiger partial charge in [-0.05, 0) is 36.4 Å². The highest BCUT2D eigenvalue weighted by molar-refractivity contribution is 7.10. The quantitative estimate of drug-likeness (QED) is 0.631. The van der Waals surface area contributed by atoms with Crippen LogP contribution in [0, 0.1) is 13.8 Å². The number of nitrogens with two attached hydrogens (primary N) is 1. The Hall–Kier alpha value is -1.16. The average molecular weight is 232 g/mol. The molecule has 1 heterocycles. The summed E-state index contributed by atoms with van der Waals surface area (Å²) in [5.74, 6) is 5.64. The standard InChI is InChI=1S/C13H16N2S/c1-9-3-5-11(6-4-9)13(15-14)12-7-10(2)16-8-12/h3-8,13,15H,14H2,1-2H3. The summed E-state index contributed by atoms with van der Waals surface area (Å²) < 4.78 is 0. The van der Waals surface area contributed by atoms with Crippen molar-refractivity contribution >= 4 is 11.3 Å². The van der Waals surface area contributed by atoms with Gasteiger partial charge in [-0.3, -0.25) is 5.84 Å². The summed E-state index contributed by atoms with van der Waals surface area (Å²) in [6.07, 6.45) is 0. The molecule has 0 aliphatic rings. The predicted molar refractivity (Wildman–Crippen MR) is 69.4 cm³/mol. The molecule has 3 heteroatoms. The first-order chi connectivity index (χ1) is 7.70. The Morgan fingerprint density at radius 1 is 1.12 bits per heavy atom. The Kier molecular flexibility index (Phi) is 3.39. The molecule has 0 spiro atoms. The number of thiophene rings is 1. The summed E-state index contributed by atoms with van der Waals surface area (Å²) in [6, 6.07) is 10.7. The van der Waals surface area contributed by atoms with Crippen LogP contribution in [0.4, 0.5) is 0 Å². The molecule has 2 nitrogen and oxygen atoms in total. The van der Waals surface area contributed by atoms with Gasteiger partial charge in [-0.15, -0.1) is 11.3 Å². The molecule has 1 atom stereocenters. The maximum absolute atomic E-state index is 5.64. The van der Waals surface area contributed by atoms with Crippen molar-refractivity contribution < 1.29 is 0 Å². The second-order valence-electron chi connectivity index (χ2n) is 4.00. The van der Waals surface area contributed by atoms with Crippen LogP contribution in [0.5, 0.6) is 0 Å². The Balaban J connectivity index is 2.32. The smallest absolute Gasteiger partial charge is 0.0718 e. The van der Waals surface area contributed by atoms with E-state index in [0.717, 1.165) is 0 Å². The summed E-state index contributed by atoms with van der Waals surface area (Å²) in [5, 5.41) is 2.15. The van der Waals surface area contributed by atoms with Gasteiger partial charge in [0.25, 0.3) is 0 Å². The third-order valence-electron chi connectivity index (χ3n) is 2.66. The van der Waals surface area contributed by atoms with E-state index in [4.69, 9.17) is 5.84 Å². The van der Waals surface area contributed by atoms with Gasteiger partial charge in [0.05, 0.1) is 6.04 Å². The Bertz CT molecular complexity index is 459. The molecule has 0 saturated heterocycles. The van der Waals surface area contributed by atoms with Crippen LogP contribution in [0.25, 0.3) is 0 Å². The van der Waals surface area contributed by atoms with Gasteiger partial charge >= 0.3 is 0 Å². The number of nitrogens with one attached hydrogen (secondary N) is 1. The molecular weight excluding hydrogens is 216 g/mol. The molecule has 0 aliphatic heterocycles. The van der Waals surface area contributed by atoms with Crippen molar-refractivity contribution in [3.63, 3.8) is 0 Å². The van der Waals surface area contributed by atoms with Crippen LogP contribution in [-0.2, 0) is 0 Å². The maximum atomic E-state index is 5.64. The van der Waals surface area contributed by atoms with E-state index in [1.165, 1.54) is 21.6 Å². The molecule has 3 N–H and O–H groups in total. The van der Waals surface area contributed by atoms with Gasteiger partial charge in [-0.25, -0.2) is 5.43 Å². The van der Waals surface area contributed by atoms with Crippen LogP contribution >= 0.6 is 11.3 Å². The first-order valence-corrected chi connectivity index (χ1v) is 6.16. The highest BCUT2D eigenvalue weighted by atomic mass is 32.1. The van der Waals surface area contributed by atoms with Gasteiger partial charge in [0.15, 0.2) is 0 Å². The van der Waals surface area contributed by atoms with Gasteiger partial charge in [0, 0.05) is 4.88 Å². The number of rotatable bonds is 3. The van der Waals surface area contributed by atoms with E-state index in [-0.39, 0.29) is 6.04 Å². The van der Waals surface area contributed by atoms with Crippen molar-refractivity contribution in [1.82, 2.24) is 5.43 Å². The summed E-state index contributed by atoms with van der Waals surface area (Å²) in [5.41, 5.74) is 6.57. The van der Waals surface area contributed by atoms with Gasteiger partial charge < -0.3 is 0 Å².